The van der Waals surface area contributed by atoms with Gasteiger partial charge in [0.15, 0.2) is 0 Å². The van der Waals surface area contributed by atoms with Crippen molar-refractivity contribution in [3.05, 3.63) is 0 Å². The summed E-state index contributed by atoms with van der Waals surface area (Å²) in [6.45, 7) is 4.40. The number of rotatable bonds is 5. The van der Waals surface area contributed by atoms with Gasteiger partial charge in [0, 0.05) is 6.61 Å². The minimum atomic E-state index is -0.380. The predicted octanol–water partition coefficient (Wildman–Crippen LogP) is 0.677. The molecule has 0 fully saturated rings. The standard InChI is InChI=1S/C7H15NO2/c1-3-5-6(7(8)9)10-4-2/h6H,3-5H2,1-2H3,(H2,8,9). The highest BCUT2D eigenvalue weighted by atomic mass is 16.5. The fraction of sp³-hybridized carbons (Fsp3) is 0.857. The highest BCUT2D eigenvalue weighted by Crippen LogP contribution is 2.00. The van der Waals surface area contributed by atoms with Gasteiger partial charge in [-0.3, -0.25) is 4.79 Å². The van der Waals surface area contributed by atoms with E-state index in [9.17, 15) is 4.79 Å². The van der Waals surface area contributed by atoms with Crippen LogP contribution in [0, 0.1) is 0 Å². The average molecular weight is 145 g/mol. The van der Waals surface area contributed by atoms with Crippen LogP contribution in [0.5, 0.6) is 0 Å². The van der Waals surface area contributed by atoms with Gasteiger partial charge < -0.3 is 10.5 Å². The van der Waals surface area contributed by atoms with Gasteiger partial charge in [-0.1, -0.05) is 13.3 Å². The van der Waals surface area contributed by atoms with Crippen molar-refractivity contribution in [1.82, 2.24) is 0 Å². The summed E-state index contributed by atoms with van der Waals surface area (Å²) in [7, 11) is 0. The zero-order chi connectivity index (χ0) is 7.98. The van der Waals surface area contributed by atoms with Crippen LogP contribution in [-0.2, 0) is 9.53 Å². The first-order valence-corrected chi connectivity index (χ1v) is 3.63. The zero-order valence-corrected chi connectivity index (χ0v) is 6.59. The lowest BCUT2D eigenvalue weighted by molar-refractivity contribution is -0.129. The summed E-state index contributed by atoms with van der Waals surface area (Å²) >= 11 is 0. The molecule has 3 nitrogen and oxygen atoms in total. The van der Waals surface area contributed by atoms with Crippen LogP contribution in [0.25, 0.3) is 0 Å². The third kappa shape index (κ3) is 3.45. The van der Waals surface area contributed by atoms with Crippen molar-refractivity contribution in [2.45, 2.75) is 32.8 Å². The van der Waals surface area contributed by atoms with E-state index in [0.717, 1.165) is 12.8 Å². The Morgan fingerprint density at radius 3 is 2.50 bits per heavy atom. The van der Waals surface area contributed by atoms with E-state index in [1.165, 1.54) is 0 Å². The molecule has 0 aromatic rings. The van der Waals surface area contributed by atoms with Crippen molar-refractivity contribution in [2.24, 2.45) is 5.73 Å². The molecule has 1 atom stereocenters. The number of carbonyl (C=O) groups excluding carboxylic acids is 1. The summed E-state index contributed by atoms with van der Waals surface area (Å²) in [6, 6.07) is 0. The average Bonchev–Trinajstić information content (AvgIpc) is 1.87. The van der Waals surface area contributed by atoms with Crippen LogP contribution in [0.2, 0.25) is 0 Å². The van der Waals surface area contributed by atoms with Crippen molar-refractivity contribution in [3.63, 3.8) is 0 Å². The van der Waals surface area contributed by atoms with Crippen LogP contribution < -0.4 is 5.73 Å². The second-order valence-electron chi connectivity index (χ2n) is 2.14. The molecule has 60 valence electrons. The number of hydrogen-bond donors (Lipinski definition) is 1. The van der Waals surface area contributed by atoms with E-state index < -0.39 is 0 Å². The molecule has 0 saturated heterocycles. The Hall–Kier alpha value is -0.570. The Kier molecular flexibility index (Phi) is 4.94. The Balaban J connectivity index is 3.61. The van der Waals surface area contributed by atoms with E-state index in [-0.39, 0.29) is 12.0 Å². The van der Waals surface area contributed by atoms with Crippen LogP contribution in [0.15, 0.2) is 0 Å². The molecule has 3 heteroatoms. The van der Waals surface area contributed by atoms with Crippen molar-refractivity contribution >= 4 is 5.91 Å². The Bertz CT molecular complexity index is 97.8. The summed E-state index contributed by atoms with van der Waals surface area (Å²) in [4.78, 5) is 10.6. The third-order valence-electron chi connectivity index (χ3n) is 1.24. The Morgan fingerprint density at radius 2 is 2.20 bits per heavy atom. The largest absolute Gasteiger partial charge is 0.369 e. The van der Waals surface area contributed by atoms with Crippen molar-refractivity contribution in [3.8, 4) is 0 Å². The molecule has 0 spiro atoms. The first-order valence-electron chi connectivity index (χ1n) is 3.63. The van der Waals surface area contributed by atoms with Gasteiger partial charge >= 0.3 is 0 Å². The van der Waals surface area contributed by atoms with Crippen molar-refractivity contribution in [2.75, 3.05) is 6.61 Å². The predicted molar refractivity (Wildman–Crippen MR) is 39.5 cm³/mol. The van der Waals surface area contributed by atoms with E-state index >= 15 is 0 Å². The van der Waals surface area contributed by atoms with Gasteiger partial charge in [-0.25, -0.2) is 0 Å². The van der Waals surface area contributed by atoms with Gasteiger partial charge in [0.2, 0.25) is 5.91 Å². The fourth-order valence-electron chi connectivity index (χ4n) is 0.771. The minimum Gasteiger partial charge on any atom is -0.369 e. The third-order valence-corrected chi connectivity index (χ3v) is 1.24. The lowest BCUT2D eigenvalue weighted by atomic mass is 10.2. The summed E-state index contributed by atoms with van der Waals surface area (Å²) in [5.74, 6) is -0.358. The normalized spacial score (nSPS) is 13.0. The van der Waals surface area contributed by atoms with E-state index in [1.807, 2.05) is 13.8 Å². The summed E-state index contributed by atoms with van der Waals surface area (Å²) < 4.78 is 5.07. The second-order valence-corrected chi connectivity index (χ2v) is 2.14. The molecular formula is C7H15NO2. The maximum absolute atomic E-state index is 10.6. The molecule has 0 aromatic heterocycles. The Morgan fingerprint density at radius 1 is 1.60 bits per heavy atom. The molecule has 1 unspecified atom stereocenters. The molecule has 0 saturated carbocycles. The van der Waals surface area contributed by atoms with E-state index in [1.54, 1.807) is 0 Å². The summed E-state index contributed by atoms with van der Waals surface area (Å²) in [5, 5.41) is 0. The van der Waals surface area contributed by atoms with Gasteiger partial charge in [-0.05, 0) is 13.3 Å². The Labute approximate surface area is 61.5 Å². The number of hydrogen-bond acceptors (Lipinski definition) is 2. The molecular weight excluding hydrogens is 130 g/mol. The lowest BCUT2D eigenvalue weighted by Gasteiger charge is -2.10. The molecule has 10 heavy (non-hydrogen) atoms. The highest BCUT2D eigenvalue weighted by Gasteiger charge is 2.12. The van der Waals surface area contributed by atoms with Crippen LogP contribution in [-0.4, -0.2) is 18.6 Å². The summed E-state index contributed by atoms with van der Waals surface area (Å²) in [6.07, 6.45) is 1.27. The van der Waals surface area contributed by atoms with E-state index in [4.69, 9.17) is 10.5 Å². The highest BCUT2D eigenvalue weighted by molar-refractivity contribution is 5.78. The second kappa shape index (κ2) is 5.23. The van der Waals surface area contributed by atoms with Gasteiger partial charge in [0.05, 0.1) is 0 Å². The molecule has 1 amide bonds. The monoisotopic (exact) mass is 145 g/mol. The lowest BCUT2D eigenvalue weighted by Crippen LogP contribution is -2.30. The van der Waals surface area contributed by atoms with Gasteiger partial charge in [0.1, 0.15) is 6.10 Å². The van der Waals surface area contributed by atoms with Crippen LogP contribution >= 0.6 is 0 Å². The minimum absolute atomic E-state index is 0.358. The van der Waals surface area contributed by atoms with Crippen LogP contribution in [0.1, 0.15) is 26.7 Å². The van der Waals surface area contributed by atoms with Crippen LogP contribution in [0.4, 0.5) is 0 Å². The maximum Gasteiger partial charge on any atom is 0.246 e. The van der Waals surface area contributed by atoms with E-state index in [0.29, 0.717) is 6.61 Å². The molecule has 0 heterocycles. The smallest absolute Gasteiger partial charge is 0.246 e. The maximum atomic E-state index is 10.6. The molecule has 0 aliphatic rings. The quantitative estimate of drug-likeness (QED) is 0.618. The summed E-state index contributed by atoms with van der Waals surface area (Å²) in [5.41, 5.74) is 5.04. The number of nitrogens with two attached hydrogens (primary N) is 1. The zero-order valence-electron chi connectivity index (χ0n) is 6.59. The molecule has 0 aliphatic carbocycles. The number of primary amides is 1. The number of ether oxygens (including phenoxy) is 1. The first-order chi connectivity index (χ1) is 4.72. The topological polar surface area (TPSA) is 52.3 Å². The fourth-order valence-corrected chi connectivity index (χ4v) is 0.771. The van der Waals surface area contributed by atoms with Crippen molar-refractivity contribution in [1.29, 1.82) is 0 Å². The number of carbonyl (C=O) groups is 1. The molecule has 2 N–H and O–H groups in total. The van der Waals surface area contributed by atoms with Gasteiger partial charge in [-0.15, -0.1) is 0 Å². The van der Waals surface area contributed by atoms with Gasteiger partial charge in [0.25, 0.3) is 0 Å². The molecule has 0 aliphatic heterocycles. The van der Waals surface area contributed by atoms with E-state index in [2.05, 4.69) is 0 Å². The van der Waals surface area contributed by atoms with Gasteiger partial charge in [-0.2, -0.15) is 0 Å². The molecule has 0 radical (unpaired) electrons. The first kappa shape index (κ1) is 9.43. The van der Waals surface area contributed by atoms with Crippen molar-refractivity contribution < 1.29 is 9.53 Å². The molecule has 0 bridgehead atoms. The molecule has 0 rings (SSSR count). The van der Waals surface area contributed by atoms with Crippen LogP contribution in [0.3, 0.4) is 0 Å². The molecule has 0 aromatic carbocycles. The SMILES string of the molecule is CCCC(OCC)C(N)=O. The number of amides is 1.